The molecule has 2 heterocycles. The molecule has 0 saturated carbocycles. The summed E-state index contributed by atoms with van der Waals surface area (Å²) in [6, 6.07) is 4.08. The number of thiophene rings is 2. The molecule has 2 aromatic rings. The molecule has 0 atom stereocenters. The SMILES string of the molecule is C(#Cc1ccsc1)[Te]C#Cc1ccsc1. The Morgan fingerprint density at radius 1 is 0.867 bits per heavy atom. The third-order valence-corrected chi connectivity index (χ3v) is 4.07. The first-order chi connectivity index (χ1) is 7.45. The van der Waals surface area contributed by atoms with Gasteiger partial charge in [0, 0.05) is 0 Å². The monoisotopic (exact) mass is 344 g/mol. The Hall–Kier alpha value is -0.690. The quantitative estimate of drug-likeness (QED) is 0.510. The van der Waals surface area contributed by atoms with Crippen LogP contribution in [0.2, 0.25) is 0 Å². The predicted molar refractivity (Wildman–Crippen MR) is 68.1 cm³/mol. The van der Waals surface area contributed by atoms with Crippen LogP contribution >= 0.6 is 22.7 Å². The molecule has 0 aliphatic carbocycles. The molecule has 0 fully saturated rings. The molecule has 0 radical (unpaired) electrons. The van der Waals surface area contributed by atoms with Gasteiger partial charge >= 0.3 is 108 Å². The molecule has 15 heavy (non-hydrogen) atoms. The van der Waals surface area contributed by atoms with E-state index in [9.17, 15) is 0 Å². The Morgan fingerprint density at radius 2 is 1.40 bits per heavy atom. The summed E-state index contributed by atoms with van der Waals surface area (Å²) in [6.07, 6.45) is 0. The predicted octanol–water partition coefficient (Wildman–Crippen LogP) is 2.83. The van der Waals surface area contributed by atoms with Crippen molar-refractivity contribution in [3.05, 3.63) is 44.8 Å². The molecule has 0 amide bonds. The molecule has 0 aromatic carbocycles. The average molecular weight is 342 g/mol. The zero-order valence-corrected chi connectivity index (χ0v) is 11.7. The topological polar surface area (TPSA) is 0 Å². The minimum atomic E-state index is -0.471. The van der Waals surface area contributed by atoms with E-state index in [-0.39, 0.29) is 0 Å². The van der Waals surface area contributed by atoms with Crippen LogP contribution in [0.4, 0.5) is 0 Å². The van der Waals surface area contributed by atoms with Crippen LogP contribution in [0.15, 0.2) is 33.7 Å². The van der Waals surface area contributed by atoms with Crippen LogP contribution in [0, 0.1) is 19.8 Å². The van der Waals surface area contributed by atoms with E-state index in [1.165, 1.54) is 0 Å². The Kier molecular flexibility index (Phi) is 4.34. The van der Waals surface area contributed by atoms with Gasteiger partial charge in [0.15, 0.2) is 0 Å². The van der Waals surface area contributed by atoms with Gasteiger partial charge < -0.3 is 0 Å². The average Bonchev–Trinajstić information content (AvgIpc) is 2.88. The summed E-state index contributed by atoms with van der Waals surface area (Å²) < 4.78 is 6.33. The van der Waals surface area contributed by atoms with Gasteiger partial charge in [-0.1, -0.05) is 0 Å². The molecule has 2 rings (SSSR count). The summed E-state index contributed by atoms with van der Waals surface area (Å²) in [5, 5.41) is 8.21. The zero-order chi connectivity index (χ0) is 10.3. The van der Waals surface area contributed by atoms with Crippen molar-refractivity contribution in [2.24, 2.45) is 0 Å². The summed E-state index contributed by atoms with van der Waals surface area (Å²) >= 11 is 2.89. The molecule has 72 valence electrons. The van der Waals surface area contributed by atoms with Gasteiger partial charge in [0.2, 0.25) is 0 Å². The van der Waals surface area contributed by atoms with E-state index < -0.39 is 20.9 Å². The maximum absolute atomic E-state index is 3.17. The second-order valence-corrected chi connectivity index (χ2v) is 5.89. The van der Waals surface area contributed by atoms with Crippen molar-refractivity contribution in [2.75, 3.05) is 0 Å². The van der Waals surface area contributed by atoms with E-state index in [1.807, 2.05) is 22.9 Å². The third kappa shape index (κ3) is 3.75. The van der Waals surface area contributed by atoms with E-state index in [2.05, 4.69) is 30.5 Å². The van der Waals surface area contributed by atoms with E-state index in [1.54, 1.807) is 22.7 Å². The van der Waals surface area contributed by atoms with Gasteiger partial charge in [-0.25, -0.2) is 0 Å². The number of rotatable bonds is 0. The molecule has 0 aliphatic rings. The molecule has 3 heteroatoms. The van der Waals surface area contributed by atoms with Gasteiger partial charge in [-0.05, 0) is 0 Å². The van der Waals surface area contributed by atoms with Crippen molar-refractivity contribution in [1.82, 2.24) is 0 Å². The van der Waals surface area contributed by atoms with Crippen LogP contribution in [0.3, 0.4) is 0 Å². The zero-order valence-electron chi connectivity index (χ0n) is 7.69. The molecule has 0 nitrogen and oxygen atoms in total. The van der Waals surface area contributed by atoms with Crippen LogP contribution in [-0.4, -0.2) is 20.9 Å². The fraction of sp³-hybridized carbons (Fsp3) is 0. The minimum absolute atomic E-state index is 0.471. The first-order valence-corrected chi connectivity index (χ1v) is 8.39. The van der Waals surface area contributed by atoms with Crippen LogP contribution in [0.1, 0.15) is 11.1 Å². The van der Waals surface area contributed by atoms with E-state index in [4.69, 9.17) is 0 Å². The fourth-order valence-electron chi connectivity index (χ4n) is 0.866. The summed E-state index contributed by atoms with van der Waals surface area (Å²) in [6.45, 7) is 0. The van der Waals surface area contributed by atoms with Gasteiger partial charge in [0.05, 0.1) is 0 Å². The molecule has 0 spiro atoms. The van der Waals surface area contributed by atoms with Crippen molar-refractivity contribution < 1.29 is 0 Å². The summed E-state index contributed by atoms with van der Waals surface area (Å²) in [4.78, 5) is 0. The molecular weight excluding hydrogens is 336 g/mol. The van der Waals surface area contributed by atoms with Crippen LogP contribution in [-0.2, 0) is 0 Å². The molecular formula is C12H6S2Te. The Morgan fingerprint density at radius 3 is 1.80 bits per heavy atom. The maximum atomic E-state index is 3.17. The van der Waals surface area contributed by atoms with E-state index in [0.29, 0.717) is 0 Å². The second kappa shape index (κ2) is 6.02. The third-order valence-electron chi connectivity index (χ3n) is 1.54. The molecule has 0 bridgehead atoms. The van der Waals surface area contributed by atoms with Gasteiger partial charge in [0.25, 0.3) is 0 Å². The second-order valence-electron chi connectivity index (χ2n) is 2.58. The molecule has 0 saturated heterocycles. The van der Waals surface area contributed by atoms with Gasteiger partial charge in [-0.15, -0.1) is 0 Å². The Labute approximate surface area is 107 Å². The Balaban J connectivity index is 1.89. The number of hydrogen-bond donors (Lipinski definition) is 0. The van der Waals surface area contributed by atoms with Crippen LogP contribution in [0.5, 0.6) is 0 Å². The van der Waals surface area contributed by atoms with Crippen molar-refractivity contribution >= 4 is 43.6 Å². The van der Waals surface area contributed by atoms with Crippen molar-refractivity contribution in [3.63, 3.8) is 0 Å². The first kappa shape index (κ1) is 10.8. The van der Waals surface area contributed by atoms with E-state index >= 15 is 0 Å². The van der Waals surface area contributed by atoms with Gasteiger partial charge in [-0.3, -0.25) is 0 Å². The van der Waals surface area contributed by atoms with Crippen molar-refractivity contribution in [2.45, 2.75) is 0 Å². The van der Waals surface area contributed by atoms with E-state index in [0.717, 1.165) is 11.1 Å². The normalized spacial score (nSPS) is 8.53. The molecule has 0 unspecified atom stereocenters. The first-order valence-electron chi connectivity index (χ1n) is 4.17. The van der Waals surface area contributed by atoms with Crippen LogP contribution in [0.25, 0.3) is 0 Å². The van der Waals surface area contributed by atoms with Crippen molar-refractivity contribution in [3.8, 4) is 19.8 Å². The summed E-state index contributed by atoms with van der Waals surface area (Å²) in [5.74, 6) is 6.25. The summed E-state index contributed by atoms with van der Waals surface area (Å²) in [7, 11) is 0. The number of hydrogen-bond acceptors (Lipinski definition) is 2. The molecule has 2 aromatic heterocycles. The molecule has 0 N–H and O–H groups in total. The summed E-state index contributed by atoms with van der Waals surface area (Å²) in [5.41, 5.74) is 2.23. The van der Waals surface area contributed by atoms with Crippen molar-refractivity contribution in [1.29, 1.82) is 0 Å². The fourth-order valence-corrected chi connectivity index (χ4v) is 3.15. The Bertz CT molecular complexity index is 465. The van der Waals surface area contributed by atoms with Gasteiger partial charge in [-0.2, -0.15) is 0 Å². The van der Waals surface area contributed by atoms with Crippen LogP contribution < -0.4 is 0 Å². The van der Waals surface area contributed by atoms with Gasteiger partial charge in [0.1, 0.15) is 0 Å². The standard InChI is InChI=1S/C12H6S2Te/c1-5-13-9-11(1)3-7-15-8-4-12-2-6-14-10-12/h1-2,5-6,9-10H. The molecule has 0 aliphatic heterocycles.